The fourth-order valence-corrected chi connectivity index (χ4v) is 1.14. The first-order chi connectivity index (χ1) is 4.81. The predicted molar refractivity (Wildman–Crippen MR) is 30.3 cm³/mol. The van der Waals surface area contributed by atoms with Crippen LogP contribution in [0.5, 0.6) is 0 Å². The number of rotatable bonds is 0. The van der Waals surface area contributed by atoms with Gasteiger partial charge in [-0.15, -0.1) is 0 Å². The number of hydrogen-bond acceptors (Lipinski definition) is 2. The zero-order valence-electron chi connectivity index (χ0n) is 5.66. The van der Waals surface area contributed by atoms with Crippen LogP contribution in [0.4, 0.5) is 17.6 Å². The van der Waals surface area contributed by atoms with Crippen LogP contribution in [0, 0.1) is 0 Å². The largest absolute Gasteiger partial charge is 0.268 e. The summed E-state index contributed by atoms with van der Waals surface area (Å²) in [6, 6.07) is 0. The highest BCUT2D eigenvalue weighted by atomic mass is 19.3. The van der Waals surface area contributed by atoms with E-state index in [4.69, 9.17) is 5.84 Å². The second kappa shape index (κ2) is 2.31. The summed E-state index contributed by atoms with van der Waals surface area (Å²) in [5.74, 6) is -1.87. The van der Waals surface area contributed by atoms with E-state index >= 15 is 0 Å². The molecule has 0 radical (unpaired) electrons. The summed E-state index contributed by atoms with van der Waals surface area (Å²) in [6.45, 7) is -1.58. The molecule has 1 saturated heterocycles. The van der Waals surface area contributed by atoms with E-state index in [1.165, 1.54) is 0 Å². The molecule has 1 fully saturated rings. The van der Waals surface area contributed by atoms with Crippen LogP contribution >= 0.6 is 0 Å². The number of hydrazine groups is 1. The fraction of sp³-hybridized carbons (Fsp3) is 1.00. The molecule has 1 aliphatic rings. The van der Waals surface area contributed by atoms with E-state index < -0.39 is 31.4 Å². The van der Waals surface area contributed by atoms with Gasteiger partial charge in [0.05, 0.1) is 19.5 Å². The number of nitrogens with two attached hydrogens (primary N) is 1. The topological polar surface area (TPSA) is 29.3 Å². The van der Waals surface area contributed by atoms with Crippen molar-refractivity contribution in [1.82, 2.24) is 5.01 Å². The zero-order valence-corrected chi connectivity index (χ0v) is 5.66. The third-order valence-electron chi connectivity index (χ3n) is 1.39. The Labute approximate surface area is 60.9 Å². The minimum absolute atomic E-state index is 0.448. The van der Waals surface area contributed by atoms with Gasteiger partial charge in [0.25, 0.3) is 11.8 Å². The number of halogens is 4. The van der Waals surface area contributed by atoms with Gasteiger partial charge < -0.3 is 0 Å². The van der Waals surface area contributed by atoms with Crippen LogP contribution in [-0.4, -0.2) is 29.9 Å². The molecule has 1 rings (SSSR count). The average molecular weight is 172 g/mol. The van der Waals surface area contributed by atoms with Gasteiger partial charge in [-0.2, -0.15) is 0 Å². The van der Waals surface area contributed by atoms with E-state index in [2.05, 4.69) is 0 Å². The number of hydrogen-bond donors (Lipinski definition) is 1. The standard InChI is InChI=1S/C5H8F4N2/c6-4(7)1-5(8,9)3-11(10)2-4/h1-3,10H2. The van der Waals surface area contributed by atoms with Gasteiger partial charge >= 0.3 is 0 Å². The molecule has 0 unspecified atom stereocenters. The maximum Gasteiger partial charge on any atom is 0.267 e. The van der Waals surface area contributed by atoms with Gasteiger partial charge in [0.1, 0.15) is 0 Å². The first-order valence-electron chi connectivity index (χ1n) is 3.06. The molecule has 1 heterocycles. The molecular weight excluding hydrogens is 164 g/mol. The van der Waals surface area contributed by atoms with Crippen LogP contribution in [0.25, 0.3) is 0 Å². The molecule has 6 heteroatoms. The molecule has 2 nitrogen and oxygen atoms in total. The molecule has 11 heavy (non-hydrogen) atoms. The van der Waals surface area contributed by atoms with Crippen LogP contribution < -0.4 is 5.84 Å². The minimum atomic E-state index is -3.36. The van der Waals surface area contributed by atoms with Crippen molar-refractivity contribution in [3.05, 3.63) is 0 Å². The van der Waals surface area contributed by atoms with Crippen molar-refractivity contribution in [3.8, 4) is 0 Å². The van der Waals surface area contributed by atoms with Gasteiger partial charge in [0.15, 0.2) is 0 Å². The van der Waals surface area contributed by atoms with Crippen molar-refractivity contribution < 1.29 is 17.6 Å². The molecule has 0 bridgehead atoms. The first-order valence-corrected chi connectivity index (χ1v) is 3.06. The zero-order chi connectivity index (χ0) is 8.70. The first kappa shape index (κ1) is 8.73. The van der Waals surface area contributed by atoms with Gasteiger partial charge in [-0.3, -0.25) is 5.84 Å². The Morgan fingerprint density at radius 1 is 1.00 bits per heavy atom. The Balaban J connectivity index is 2.66. The van der Waals surface area contributed by atoms with Crippen molar-refractivity contribution in [1.29, 1.82) is 0 Å². The Kier molecular flexibility index (Phi) is 1.84. The summed E-state index contributed by atoms with van der Waals surface area (Å²) < 4.78 is 49.4. The monoisotopic (exact) mass is 172 g/mol. The Bertz CT molecular complexity index is 143. The molecule has 66 valence electrons. The average Bonchev–Trinajstić information content (AvgIpc) is 1.49. The second-order valence-corrected chi connectivity index (χ2v) is 2.79. The molecule has 0 saturated carbocycles. The molecule has 0 aromatic heterocycles. The third-order valence-corrected chi connectivity index (χ3v) is 1.39. The Morgan fingerprint density at radius 2 is 1.36 bits per heavy atom. The van der Waals surface area contributed by atoms with E-state index in [1.54, 1.807) is 0 Å². The lowest BCUT2D eigenvalue weighted by molar-refractivity contribution is -0.171. The lowest BCUT2D eigenvalue weighted by Gasteiger charge is -2.34. The van der Waals surface area contributed by atoms with Gasteiger partial charge in [-0.1, -0.05) is 0 Å². The Hall–Kier alpha value is -0.360. The quantitative estimate of drug-likeness (QED) is 0.433. The van der Waals surface area contributed by atoms with E-state index in [0.717, 1.165) is 0 Å². The number of nitrogens with zero attached hydrogens (tertiary/aromatic N) is 1. The third kappa shape index (κ3) is 2.30. The Morgan fingerprint density at radius 3 is 1.64 bits per heavy atom. The SMILES string of the molecule is NN1CC(F)(F)CC(F)(F)C1. The lowest BCUT2D eigenvalue weighted by Crippen LogP contribution is -2.55. The van der Waals surface area contributed by atoms with Crippen LogP contribution in [0.3, 0.4) is 0 Å². The molecule has 0 aromatic rings. The van der Waals surface area contributed by atoms with Gasteiger partial charge in [-0.25, -0.2) is 22.6 Å². The molecule has 0 atom stereocenters. The summed E-state index contributed by atoms with van der Waals surface area (Å²) in [5, 5.41) is 0.448. The summed E-state index contributed by atoms with van der Waals surface area (Å²) in [7, 11) is 0. The van der Waals surface area contributed by atoms with Crippen LogP contribution in [0.2, 0.25) is 0 Å². The van der Waals surface area contributed by atoms with Crippen molar-refractivity contribution in [2.75, 3.05) is 13.1 Å². The minimum Gasteiger partial charge on any atom is -0.268 e. The highest BCUT2D eigenvalue weighted by Crippen LogP contribution is 2.34. The molecular formula is C5H8F4N2. The summed E-state index contributed by atoms with van der Waals surface area (Å²) in [6.07, 6.45) is -1.40. The highest BCUT2D eigenvalue weighted by molar-refractivity contribution is 4.86. The maximum atomic E-state index is 12.3. The van der Waals surface area contributed by atoms with Gasteiger partial charge in [-0.05, 0) is 0 Å². The normalized spacial score (nSPS) is 30.3. The maximum absolute atomic E-state index is 12.3. The molecule has 0 aliphatic carbocycles. The number of alkyl halides is 4. The van der Waals surface area contributed by atoms with Crippen LogP contribution in [0.15, 0.2) is 0 Å². The number of piperidine rings is 1. The van der Waals surface area contributed by atoms with Crippen LogP contribution in [0.1, 0.15) is 6.42 Å². The summed E-state index contributed by atoms with van der Waals surface area (Å²) >= 11 is 0. The van der Waals surface area contributed by atoms with Crippen molar-refractivity contribution in [2.24, 2.45) is 5.84 Å². The molecule has 2 N–H and O–H groups in total. The van der Waals surface area contributed by atoms with E-state index in [-0.39, 0.29) is 0 Å². The lowest BCUT2D eigenvalue weighted by atomic mass is 10.1. The van der Waals surface area contributed by atoms with Crippen molar-refractivity contribution >= 4 is 0 Å². The molecule has 0 spiro atoms. The van der Waals surface area contributed by atoms with Crippen molar-refractivity contribution in [2.45, 2.75) is 18.3 Å². The van der Waals surface area contributed by atoms with Gasteiger partial charge in [0.2, 0.25) is 0 Å². The molecule has 1 aliphatic heterocycles. The molecule has 0 amide bonds. The predicted octanol–water partition coefficient (Wildman–Crippen LogP) is 0.836. The van der Waals surface area contributed by atoms with Gasteiger partial charge in [0, 0.05) is 0 Å². The smallest absolute Gasteiger partial charge is 0.267 e. The summed E-state index contributed by atoms with van der Waals surface area (Å²) in [5.41, 5.74) is 0. The van der Waals surface area contributed by atoms with E-state index in [0.29, 0.717) is 5.01 Å². The highest BCUT2D eigenvalue weighted by Gasteiger charge is 2.49. The molecule has 0 aromatic carbocycles. The van der Waals surface area contributed by atoms with Crippen molar-refractivity contribution in [3.63, 3.8) is 0 Å². The van der Waals surface area contributed by atoms with Crippen LogP contribution in [-0.2, 0) is 0 Å². The summed E-state index contributed by atoms with van der Waals surface area (Å²) in [4.78, 5) is 0. The van der Waals surface area contributed by atoms with E-state index in [9.17, 15) is 17.6 Å². The van der Waals surface area contributed by atoms with E-state index in [1.807, 2.05) is 0 Å². The fourth-order valence-electron chi connectivity index (χ4n) is 1.14. The second-order valence-electron chi connectivity index (χ2n) is 2.79.